The molecule has 1 aliphatic carbocycles. The van der Waals surface area contributed by atoms with E-state index >= 15 is 0 Å². The van der Waals surface area contributed by atoms with Crippen molar-refractivity contribution in [1.29, 1.82) is 0 Å². The fraction of sp³-hybridized carbons (Fsp3) is 0.136. The molecule has 1 fully saturated rings. The van der Waals surface area contributed by atoms with E-state index in [0.717, 1.165) is 107 Å². The van der Waals surface area contributed by atoms with E-state index in [0.29, 0.717) is 70.8 Å². The van der Waals surface area contributed by atoms with Crippen LogP contribution in [0.15, 0.2) is 254 Å². The Morgan fingerprint density at radius 3 is 0.923 bits per heavy atom. The molecule has 8 aromatic heterocycles. The Hall–Kier alpha value is -12.0. The number of likely N-dealkylation sites (N-methyl/N-ethyl adjacent to an activating group) is 1. The van der Waals surface area contributed by atoms with Crippen molar-refractivity contribution in [3.05, 3.63) is 297 Å². The zero-order valence-electron chi connectivity index (χ0n) is 73.5. The third-order valence-corrected chi connectivity index (χ3v) is 34.3. The number of thiophene rings is 4. The summed E-state index contributed by atoms with van der Waals surface area (Å²) in [7, 11) is -10.6. The second-order valence-corrected chi connectivity index (χ2v) is 47.6. The van der Waals surface area contributed by atoms with E-state index < -0.39 is 64.2 Å². The Morgan fingerprint density at radius 2 is 0.655 bits per heavy atom. The molecule has 37 nitrogen and oxygen atoms in total. The van der Waals surface area contributed by atoms with E-state index in [-0.39, 0.29) is 99.3 Å². The van der Waals surface area contributed by atoms with Crippen molar-refractivity contribution in [2.24, 2.45) is 5.92 Å². The first-order valence-corrected chi connectivity index (χ1v) is 54.4. The summed E-state index contributed by atoms with van der Waals surface area (Å²) in [6, 6.07) is 44.1. The van der Waals surface area contributed by atoms with Crippen LogP contribution in [0.4, 0.5) is 64.7 Å². The predicted octanol–water partition coefficient (Wildman–Crippen LogP) is 19.5. The maximum absolute atomic E-state index is 13.1. The molecule has 0 atom stereocenters. The standard InChI is InChI=1S/C23H22Cl2N6O4S2.C23H19Cl2N5O4S2.C22H19Cl2N5O4S2.C20H14BrCl2N5O4S2/c1-30(2)10-9-26-14-3-5-16-18(12-14)27-13-31(22(16)32)19-6-4-15(11-17(19)24)28-23(33)29-37(34,35)21-8-7-20(25)36-21;24-17-9-15(28-23(32)29-36(33,34)21-8-7-20(25)35-21)4-6-19(17)30-12-27-18-10-14(26-11-13-1-2-13)3-5-16(18)22(30)31;1-2-9-25-13-3-5-15-17(11-13)26-12-29(21(15)30)18-6-4-14(10-16(18)23)27-22(31)28-35(32,33)20-8-7-19(24)34-20;1-24-15-8-14-11(7-12(15)21)19(29)28(9-25-14)16-3-2-10(6-13(16)22)26-20(30)27-34(31,32)18-5-4-17(23)33-18/h3-8,11-13,26H,9-10H2,1-2H3,(H2,28,29,33);3-10,12-13,26H,1-2,11H2,(H2,28,29,32);3-8,10-12,25H,2,9H2,1H3,(H2,27,28,31);2-9,24H,1H3,(H2,26,27,30). The van der Waals surface area contributed by atoms with Crippen LogP contribution in [-0.2, 0) is 40.1 Å². The zero-order valence-corrected chi connectivity index (χ0v) is 87.6. The predicted molar refractivity (Wildman–Crippen MR) is 568 cm³/mol. The highest BCUT2D eigenvalue weighted by atomic mass is 79.9. The summed E-state index contributed by atoms with van der Waals surface area (Å²) >= 11 is 55.3. The van der Waals surface area contributed by atoms with Crippen LogP contribution < -0.4 is 83.7 Å². The quantitative estimate of drug-likeness (QED) is 0.0227. The lowest BCUT2D eigenvalue weighted by atomic mass is 10.2. The van der Waals surface area contributed by atoms with Crippen LogP contribution in [0.5, 0.6) is 0 Å². The first kappa shape index (κ1) is 106. The number of nitrogens with one attached hydrogen (secondary N) is 12. The molecule has 0 aliphatic heterocycles. The number of aromatic nitrogens is 8. The number of fused-ring (bicyclic) bond motifs is 4. The third kappa shape index (κ3) is 26.5. The number of carbonyl (C=O) groups is 4. The Balaban J connectivity index is 0.000000150. The minimum atomic E-state index is -4.08. The van der Waals surface area contributed by atoms with E-state index in [4.69, 9.17) is 92.8 Å². The van der Waals surface area contributed by atoms with Crippen molar-refractivity contribution in [2.45, 2.75) is 43.0 Å². The Bertz CT molecular complexity index is 8400. The first-order chi connectivity index (χ1) is 67.5. The van der Waals surface area contributed by atoms with Gasteiger partial charge in [-0.25, -0.2) is 91.7 Å². The molecule has 54 heteroatoms. The highest BCUT2D eigenvalue weighted by Gasteiger charge is 2.28. The minimum absolute atomic E-state index is 0.0926. The van der Waals surface area contributed by atoms with Crippen LogP contribution in [0.3, 0.4) is 0 Å². The van der Waals surface area contributed by atoms with E-state index in [1.807, 2.05) is 69.4 Å². The Morgan fingerprint density at radius 1 is 0.373 bits per heavy atom. The molecule has 738 valence electrons. The topological polar surface area (TPSA) is 492 Å². The van der Waals surface area contributed by atoms with Crippen molar-refractivity contribution in [2.75, 3.05) is 89.9 Å². The number of urea groups is 4. The summed E-state index contributed by atoms with van der Waals surface area (Å²) in [6.07, 6.45) is 8.98. The first-order valence-electron chi connectivity index (χ1n) is 41.3. The largest absolute Gasteiger partial charge is 0.387 e. The van der Waals surface area contributed by atoms with Gasteiger partial charge in [-0.05, 0) is 243 Å². The van der Waals surface area contributed by atoms with Crippen LogP contribution in [0, 0.1) is 5.92 Å². The average Bonchev–Trinajstić information content (AvgIpc) is 1.74. The monoisotopic (exact) mass is 2300 g/mol. The van der Waals surface area contributed by atoms with Crippen LogP contribution in [-0.4, -0.2) is 148 Å². The van der Waals surface area contributed by atoms with Crippen molar-refractivity contribution in [3.63, 3.8) is 0 Å². The summed E-state index contributed by atoms with van der Waals surface area (Å²) in [5.74, 6) is 0.719. The van der Waals surface area contributed by atoms with Gasteiger partial charge in [0.25, 0.3) is 62.3 Å². The molecule has 0 spiro atoms. The maximum Gasteiger partial charge on any atom is 0.333 e. The lowest BCUT2D eigenvalue weighted by Crippen LogP contribution is -2.34. The highest BCUT2D eigenvalue weighted by molar-refractivity contribution is 9.10. The number of hydrogen-bond donors (Lipinski definition) is 12. The molecule has 16 aromatic rings. The summed E-state index contributed by atoms with van der Waals surface area (Å²) < 4.78 is 113. The SMILES string of the molecule is CCCNc1ccc2c(=O)n(-c3ccc(NC(=O)NS(=O)(=O)c4ccc(Cl)s4)cc3Cl)cnc2c1.CN(C)CCNc1ccc2c(=O)n(-c3ccc(NC(=O)NS(=O)(=O)c4ccc(Cl)s4)cc3Cl)cnc2c1.CNc1cc2ncn(-c3ccc(NC(=O)NS(=O)(=O)c4ccc(Cl)s4)cc3Cl)c(=O)c2cc1Br.O=C(Nc1ccc(-n2cnc3cc(NCC4CC4)ccc3c2=O)c(Cl)c1)NS(=O)(=O)c1ccc(Cl)s1. The van der Waals surface area contributed by atoms with E-state index in [1.54, 1.807) is 37.4 Å². The lowest BCUT2D eigenvalue weighted by Gasteiger charge is -2.13. The van der Waals surface area contributed by atoms with Gasteiger partial charge in [-0.15, -0.1) is 45.3 Å². The van der Waals surface area contributed by atoms with Gasteiger partial charge >= 0.3 is 24.1 Å². The summed E-state index contributed by atoms with van der Waals surface area (Å²) in [5.41, 5.74) is 6.62. The summed E-state index contributed by atoms with van der Waals surface area (Å²) in [5, 5.41) is 24.8. The molecule has 142 heavy (non-hydrogen) atoms. The van der Waals surface area contributed by atoms with Gasteiger partial charge in [-0.1, -0.05) is 99.7 Å². The number of rotatable bonds is 27. The van der Waals surface area contributed by atoms with E-state index in [2.05, 4.69) is 90.2 Å². The third-order valence-electron chi connectivity index (χ3n) is 20.2. The van der Waals surface area contributed by atoms with Gasteiger partial charge in [0.1, 0.15) is 42.1 Å². The van der Waals surface area contributed by atoms with Crippen molar-refractivity contribution in [3.8, 4) is 22.7 Å². The molecule has 1 saturated carbocycles. The van der Waals surface area contributed by atoms with Gasteiger partial charge < -0.3 is 47.4 Å². The number of carbonyl (C=O) groups excluding carboxylic acids is 4. The molecule has 8 amide bonds. The molecule has 0 radical (unpaired) electrons. The molecule has 0 bridgehead atoms. The number of anilines is 8. The van der Waals surface area contributed by atoms with Gasteiger partial charge in [-0.3, -0.25) is 37.4 Å². The second kappa shape index (κ2) is 45.7. The molecule has 0 saturated heterocycles. The van der Waals surface area contributed by atoms with Crippen LogP contribution in [0.1, 0.15) is 26.2 Å². The second-order valence-electron chi connectivity index (χ2n) is 30.6. The minimum Gasteiger partial charge on any atom is -0.387 e. The molecule has 8 heterocycles. The Labute approximate surface area is 872 Å². The van der Waals surface area contributed by atoms with E-state index in [1.165, 1.54) is 178 Å². The van der Waals surface area contributed by atoms with Crippen molar-refractivity contribution >= 4 is 307 Å². The fourth-order valence-electron chi connectivity index (χ4n) is 13.2. The molecule has 8 aromatic carbocycles. The number of amides is 8. The molecular formula is C88H74BrCl8N21O16S8. The molecule has 17 rings (SSSR count). The fourth-order valence-corrected chi connectivity index (χ4v) is 24.4. The number of hydrogen-bond acceptors (Lipinski definition) is 29. The molecule has 12 N–H and O–H groups in total. The maximum atomic E-state index is 13.1. The van der Waals surface area contributed by atoms with E-state index in [9.17, 15) is 72.0 Å². The van der Waals surface area contributed by atoms with Gasteiger partial charge in [0, 0.05) is 77.5 Å². The van der Waals surface area contributed by atoms with Gasteiger partial charge in [0.2, 0.25) is 0 Å². The normalized spacial score (nSPS) is 12.0. The number of benzene rings is 8. The molecule has 0 unspecified atom stereocenters. The lowest BCUT2D eigenvalue weighted by molar-refractivity contribution is 0.255. The van der Waals surface area contributed by atoms with Gasteiger partial charge in [0.05, 0.1) is 109 Å². The van der Waals surface area contributed by atoms with Gasteiger partial charge in [-0.2, -0.15) is 0 Å². The number of nitrogens with zero attached hydrogens (tertiary/aromatic N) is 9. The van der Waals surface area contributed by atoms with Gasteiger partial charge in [0.15, 0.2) is 0 Å². The smallest absolute Gasteiger partial charge is 0.333 e. The highest BCUT2D eigenvalue weighted by Crippen LogP contribution is 2.36. The molecule has 1 aliphatic rings. The summed E-state index contributed by atoms with van der Waals surface area (Å²) in [4.78, 5) is 121. The number of sulfonamides is 4. The summed E-state index contributed by atoms with van der Waals surface area (Å²) in [6.45, 7) is 5.39. The number of halogens is 9. The molecular weight excluding hydrogens is 2230 g/mol. The zero-order chi connectivity index (χ0) is 102. The average molecular weight is 2300 g/mol. The van der Waals surface area contributed by atoms with Crippen LogP contribution >= 0.6 is 154 Å². The Kier molecular flexibility index (Phi) is 34.0. The van der Waals surface area contributed by atoms with Crippen LogP contribution in [0.25, 0.3) is 66.4 Å². The van der Waals surface area contributed by atoms with Crippen LogP contribution in [0.2, 0.25) is 37.4 Å². The van der Waals surface area contributed by atoms with Crippen molar-refractivity contribution < 1.29 is 52.8 Å². The van der Waals surface area contributed by atoms with Crippen molar-refractivity contribution in [1.82, 2.24) is 62.0 Å².